The van der Waals surface area contributed by atoms with Crippen LogP contribution in [0.15, 0.2) is 172 Å². The number of morpholine rings is 3. The molecule has 20 aromatic rings. The number of ketones is 1. The minimum absolute atomic E-state index is 0.0545. The number of ether oxygens (including phenoxy) is 3. The Morgan fingerprint density at radius 3 is 0.960 bits per heavy atom. The first kappa shape index (κ1) is 98.8. The molecule has 0 aromatic carbocycles. The number of Topliss-reactive ketones (excluding diaryl/α,β-unsaturated/α-hetero) is 1. The lowest BCUT2D eigenvalue weighted by Gasteiger charge is -2.26. The quantitative estimate of drug-likeness (QED) is 0.0283. The standard InChI is InChI=1S/C27H27N9O3.C26H25N9O3.C26H24N8O3.C25H25N9O2/c1-15(2)7-22(37)31-18-8-16(10-28-12-18)17-9-19-24(34-35-25(19)30-11-17)26-32-21-14-29-13-20(23(21)33-26)27(38)36-3-5-39-6-4-36;1-14(2)25(36)30-17-7-15(9-27-11-17)16-8-18-22(33-34-23(18)29-10-16)24-31-20-13-28-12-19(21(20)32-24)26(37)35-3-5-38-6-4-35;1-2-18(35)10-17-4-3-15(11-28-17)16-9-19-23(32-33-24(19)29-12-16)25-30-21-14-27-13-20(22(21)31-25)26(36)34-5-7-37-8-6-34;1-13(2)5-20(35)29-16-6-14(8-26-10-16)15-7-17-22(32-33-23(17)28-9-15)24-30-19-12-27-11-18(21(19)31-24)25(36)34(3)4/h8-15H,3-7H2,1-2H3,(H,31,37)(H,32,33)(H,30,34,35);7-14H,3-6H2,1-2H3,(H,30,36)(H,31,32)(H,29,33,34);3-4,9,11-14H,2,5-8,10H2,1H3,(H,30,31)(H,29,32,33);6-13H,5H2,1-4H3,(H,29,35)(H,30,31)(H,28,32,33). The molecule has 23 heterocycles. The van der Waals surface area contributed by atoms with Crippen LogP contribution in [0.4, 0.5) is 17.1 Å². The highest BCUT2D eigenvalue weighted by Crippen LogP contribution is 2.38. The summed E-state index contributed by atoms with van der Waals surface area (Å²) in [4.78, 5) is 191. The number of nitrogens with zero attached hydrogens (tertiary/aromatic N) is 24. The van der Waals surface area contributed by atoms with Crippen molar-refractivity contribution in [2.45, 2.75) is 74.1 Å². The third-order valence-corrected chi connectivity index (χ3v) is 25.1. The fourth-order valence-electron chi connectivity index (χ4n) is 17.3. The van der Waals surface area contributed by atoms with E-state index >= 15 is 0 Å². The van der Waals surface area contributed by atoms with E-state index < -0.39 is 0 Å². The van der Waals surface area contributed by atoms with Gasteiger partial charge in [0.15, 0.2) is 45.9 Å². The van der Waals surface area contributed by atoms with E-state index in [2.05, 4.69) is 141 Å². The first-order valence-corrected chi connectivity index (χ1v) is 48.6. The third-order valence-electron chi connectivity index (χ3n) is 25.1. The molecule has 0 bridgehead atoms. The van der Waals surface area contributed by atoms with Crippen LogP contribution >= 0.6 is 0 Å². The number of carbonyl (C=O) groups excluding carboxylic acids is 8. The SMILES string of the molecule is CC(C)C(=O)Nc1cncc(-c2cnc3n[nH]c(-c4nc5c(C(=O)N6CCOCC6)cncc5[nH]4)c3c2)c1.CC(C)CC(=O)Nc1cncc(-c2cnc3n[nH]c(-c4nc5c(C(=O)N(C)C)cncc5[nH]4)c3c2)c1.CC(C)CC(=O)Nc1cncc(-c2cnc3n[nH]c(-c4nc5c(C(=O)N6CCOCC6)cncc5[nH]4)c3c2)c1.CCC(=O)Cc1ccc(-c2cnc3n[nH]c(-c4nc5c(C(=O)N6CCOCC6)cncc5[nH]4)c3c2)cn1. The zero-order valence-corrected chi connectivity index (χ0v) is 82.9. The lowest BCUT2D eigenvalue weighted by molar-refractivity contribution is -0.119. The number of rotatable bonds is 23. The Morgan fingerprint density at radius 1 is 0.353 bits per heavy atom. The van der Waals surface area contributed by atoms with Crippen molar-refractivity contribution in [1.29, 1.82) is 0 Å². The van der Waals surface area contributed by atoms with Gasteiger partial charge in [-0.15, -0.1) is 0 Å². The maximum Gasteiger partial charge on any atom is 0.257 e. The van der Waals surface area contributed by atoms with Crippen LogP contribution in [0.3, 0.4) is 0 Å². The van der Waals surface area contributed by atoms with E-state index in [1.54, 1.807) is 140 Å². The van der Waals surface area contributed by atoms with Gasteiger partial charge < -0.3 is 69.7 Å². The molecule has 3 saturated heterocycles. The molecule has 7 amide bonds. The Morgan fingerprint density at radius 2 is 0.653 bits per heavy atom. The molecule has 150 heavy (non-hydrogen) atoms. The second-order valence-electron chi connectivity index (χ2n) is 37.3. The highest BCUT2D eigenvalue weighted by atomic mass is 16.5. The van der Waals surface area contributed by atoms with Crippen molar-refractivity contribution in [1.82, 2.24) is 160 Å². The normalized spacial score (nSPS) is 13.3. The van der Waals surface area contributed by atoms with E-state index in [0.29, 0.717) is 257 Å². The summed E-state index contributed by atoms with van der Waals surface area (Å²) in [7, 11) is 3.37. The van der Waals surface area contributed by atoms with Gasteiger partial charge in [-0.3, -0.25) is 98.6 Å². The number of H-pyrrole nitrogens is 8. The van der Waals surface area contributed by atoms with E-state index in [4.69, 9.17) is 29.2 Å². The predicted octanol–water partition coefficient (Wildman–Crippen LogP) is 13.0. The largest absolute Gasteiger partial charge is 0.378 e. The average Bonchev–Trinajstić information content (AvgIpc) is 1.62. The van der Waals surface area contributed by atoms with Gasteiger partial charge >= 0.3 is 0 Å². The topological polar surface area (TPSA) is 597 Å². The fraction of sp³-hybridized carbons (Fsp3) is 0.269. The van der Waals surface area contributed by atoms with Gasteiger partial charge in [0.2, 0.25) is 17.7 Å². The molecule has 3 aliphatic heterocycles. The minimum Gasteiger partial charge on any atom is -0.378 e. The van der Waals surface area contributed by atoms with Crippen LogP contribution in [0.5, 0.6) is 0 Å². The molecule has 46 heteroatoms. The number of amides is 7. The molecule has 0 saturated carbocycles. The van der Waals surface area contributed by atoms with Crippen LogP contribution in [0, 0.1) is 17.8 Å². The third kappa shape index (κ3) is 21.4. The lowest BCUT2D eigenvalue weighted by atomic mass is 10.1. The number of aromatic nitrogens is 28. The molecule has 23 rings (SSSR count). The van der Waals surface area contributed by atoms with Crippen molar-refractivity contribution >= 4 is 152 Å². The second-order valence-corrected chi connectivity index (χ2v) is 37.3. The number of nitrogens with one attached hydrogen (secondary N) is 11. The van der Waals surface area contributed by atoms with Gasteiger partial charge in [-0.1, -0.05) is 54.5 Å². The Hall–Kier alpha value is -18.6. The summed E-state index contributed by atoms with van der Waals surface area (Å²) >= 11 is 0. The van der Waals surface area contributed by atoms with Crippen molar-refractivity contribution in [3.8, 4) is 90.6 Å². The fourth-order valence-corrected chi connectivity index (χ4v) is 17.3. The van der Waals surface area contributed by atoms with E-state index in [1.807, 2.05) is 103 Å². The van der Waals surface area contributed by atoms with Gasteiger partial charge in [-0.25, -0.2) is 39.9 Å². The highest BCUT2D eigenvalue weighted by Gasteiger charge is 2.31. The molecular weight excluding hydrogens is 1920 g/mol. The number of aromatic amines is 8. The number of carbonyl (C=O) groups is 8. The molecular formula is C104H101N35O11. The Balaban J connectivity index is 0.000000121. The second kappa shape index (κ2) is 43.4. The van der Waals surface area contributed by atoms with E-state index in [9.17, 15) is 38.4 Å². The van der Waals surface area contributed by atoms with Gasteiger partial charge in [0.05, 0.1) is 166 Å². The van der Waals surface area contributed by atoms with Crippen molar-refractivity contribution in [2.75, 3.05) is 109 Å². The molecule has 46 nitrogen and oxygen atoms in total. The van der Waals surface area contributed by atoms with E-state index in [0.717, 1.165) is 71.7 Å². The van der Waals surface area contributed by atoms with Gasteiger partial charge in [0.1, 0.15) is 50.6 Å². The van der Waals surface area contributed by atoms with Crippen molar-refractivity contribution in [3.05, 3.63) is 200 Å². The molecule has 0 atom stereocenters. The average molecular weight is 2020 g/mol. The van der Waals surface area contributed by atoms with Gasteiger partial charge in [0.25, 0.3) is 23.6 Å². The van der Waals surface area contributed by atoms with Crippen LogP contribution < -0.4 is 16.0 Å². The van der Waals surface area contributed by atoms with Gasteiger partial charge in [-0.05, 0) is 60.4 Å². The number of pyridine rings is 12. The molecule has 11 N–H and O–H groups in total. The molecule has 3 aliphatic rings. The summed E-state index contributed by atoms with van der Waals surface area (Å²) in [6.07, 6.45) is 33.0. The van der Waals surface area contributed by atoms with Gasteiger partial charge in [-0.2, -0.15) is 20.4 Å². The predicted molar refractivity (Wildman–Crippen MR) is 557 cm³/mol. The van der Waals surface area contributed by atoms with E-state index in [1.165, 1.54) is 11.1 Å². The molecule has 0 spiro atoms. The van der Waals surface area contributed by atoms with E-state index in [-0.39, 0.29) is 64.9 Å². The number of imidazole rings is 4. The molecule has 758 valence electrons. The summed E-state index contributed by atoms with van der Waals surface area (Å²) in [5.41, 5.74) is 20.2. The molecule has 0 radical (unpaired) electrons. The van der Waals surface area contributed by atoms with Crippen molar-refractivity contribution in [3.63, 3.8) is 0 Å². The number of hydrogen-bond acceptors (Lipinski definition) is 31. The Bertz CT molecular complexity index is 8530. The van der Waals surface area contributed by atoms with Crippen molar-refractivity contribution in [2.24, 2.45) is 17.8 Å². The van der Waals surface area contributed by atoms with Crippen molar-refractivity contribution < 1.29 is 52.6 Å². The van der Waals surface area contributed by atoms with Crippen LogP contribution in [-0.2, 0) is 39.8 Å². The molecule has 0 aliphatic carbocycles. The lowest BCUT2D eigenvalue weighted by Crippen LogP contribution is -2.40. The smallest absolute Gasteiger partial charge is 0.257 e. The first-order valence-electron chi connectivity index (χ1n) is 48.6. The molecule has 3 fully saturated rings. The first-order chi connectivity index (χ1) is 72.8. The molecule has 0 unspecified atom stereocenters. The summed E-state index contributed by atoms with van der Waals surface area (Å²) < 4.78 is 16.1. The van der Waals surface area contributed by atoms with Gasteiger partial charge in [0, 0.05) is 210 Å². The number of fused-ring (bicyclic) bond motifs is 8. The minimum atomic E-state index is -0.183. The Kier molecular flexibility index (Phi) is 28.6. The van der Waals surface area contributed by atoms with Crippen LogP contribution in [-0.4, -0.2) is 300 Å². The zero-order valence-electron chi connectivity index (χ0n) is 82.9. The number of hydrogen-bond donors (Lipinski definition) is 11. The summed E-state index contributed by atoms with van der Waals surface area (Å²) in [5, 5.41) is 41.1. The van der Waals surface area contributed by atoms with Crippen LogP contribution in [0.25, 0.3) is 179 Å². The maximum absolute atomic E-state index is 13.2. The monoisotopic (exact) mass is 2020 g/mol. The maximum atomic E-state index is 13.2. The van der Waals surface area contributed by atoms with Crippen LogP contribution in [0.1, 0.15) is 115 Å². The number of anilines is 3. The van der Waals surface area contributed by atoms with Crippen LogP contribution in [0.2, 0.25) is 0 Å². The summed E-state index contributed by atoms with van der Waals surface area (Å²) in [6.45, 7) is 19.8. The Labute approximate surface area is 852 Å². The summed E-state index contributed by atoms with van der Waals surface area (Å²) in [5.74, 6) is 1.87. The molecule has 20 aromatic heterocycles. The zero-order chi connectivity index (χ0) is 104. The highest BCUT2D eigenvalue weighted by molar-refractivity contribution is 6.10. The summed E-state index contributed by atoms with van der Waals surface area (Å²) in [6, 6.07) is 17.2.